The van der Waals surface area contributed by atoms with Crippen LogP contribution < -0.4 is 16.6 Å². The maximum atomic E-state index is 5.29. The van der Waals surface area contributed by atoms with Gasteiger partial charge in [-0.2, -0.15) is 0 Å². The van der Waals surface area contributed by atoms with Gasteiger partial charge in [0.05, 0.1) is 0 Å². The van der Waals surface area contributed by atoms with Crippen molar-refractivity contribution in [3.05, 3.63) is 12.4 Å². The van der Waals surface area contributed by atoms with Gasteiger partial charge in [-0.15, -0.1) is 0 Å². The van der Waals surface area contributed by atoms with E-state index < -0.39 is 0 Å². The van der Waals surface area contributed by atoms with Crippen molar-refractivity contribution in [2.45, 2.75) is 58.3 Å². The highest BCUT2D eigenvalue weighted by Gasteiger charge is 1.96. The fourth-order valence-corrected chi connectivity index (χ4v) is 2.01. The van der Waals surface area contributed by atoms with Crippen LogP contribution in [0.4, 0.5) is 11.6 Å². The van der Waals surface area contributed by atoms with Crippen molar-refractivity contribution >= 4 is 11.6 Å². The molecule has 0 unspecified atom stereocenters. The van der Waals surface area contributed by atoms with E-state index in [1.165, 1.54) is 57.7 Å². The molecule has 0 aliphatic rings. The molecule has 19 heavy (non-hydrogen) atoms. The lowest BCUT2D eigenvalue weighted by Crippen LogP contribution is -2.10. The maximum absolute atomic E-state index is 5.29. The van der Waals surface area contributed by atoms with Gasteiger partial charge in [-0.05, 0) is 6.42 Å². The summed E-state index contributed by atoms with van der Waals surface area (Å²) in [7, 11) is 0. The van der Waals surface area contributed by atoms with E-state index in [-0.39, 0.29) is 0 Å². The Morgan fingerprint density at radius 1 is 0.947 bits per heavy atom. The van der Waals surface area contributed by atoms with Gasteiger partial charge < -0.3 is 10.7 Å². The molecule has 5 heteroatoms. The smallest absolute Gasteiger partial charge is 0.145 e. The first kappa shape index (κ1) is 15.7. The molecule has 4 N–H and O–H groups in total. The van der Waals surface area contributed by atoms with E-state index in [1.54, 1.807) is 0 Å². The van der Waals surface area contributed by atoms with Crippen LogP contribution in [0, 0.1) is 0 Å². The molecule has 0 spiro atoms. The van der Waals surface area contributed by atoms with Gasteiger partial charge in [0, 0.05) is 12.6 Å². The molecule has 1 aromatic rings. The summed E-state index contributed by atoms with van der Waals surface area (Å²) in [5, 5.41) is 3.28. The fraction of sp³-hybridized carbons (Fsp3) is 0.714. The summed E-state index contributed by atoms with van der Waals surface area (Å²) in [5.74, 6) is 6.75. The molecule has 0 fully saturated rings. The first-order valence-electron chi connectivity index (χ1n) is 7.39. The van der Waals surface area contributed by atoms with Crippen molar-refractivity contribution in [3.63, 3.8) is 0 Å². The van der Waals surface area contributed by atoms with Gasteiger partial charge in [0.15, 0.2) is 0 Å². The van der Waals surface area contributed by atoms with Gasteiger partial charge in [-0.3, -0.25) is 0 Å². The summed E-state index contributed by atoms with van der Waals surface area (Å²) in [6.07, 6.45) is 12.2. The number of unbranched alkanes of at least 4 members (excludes halogenated alkanes) is 7. The Kier molecular flexibility index (Phi) is 8.72. The molecule has 1 heterocycles. The van der Waals surface area contributed by atoms with Crippen LogP contribution in [0.1, 0.15) is 58.3 Å². The topological polar surface area (TPSA) is 75.9 Å². The van der Waals surface area contributed by atoms with Crippen molar-refractivity contribution < 1.29 is 0 Å². The van der Waals surface area contributed by atoms with Gasteiger partial charge in [-0.25, -0.2) is 15.8 Å². The molecule has 1 rings (SSSR count). The monoisotopic (exact) mass is 265 g/mol. The highest BCUT2D eigenvalue weighted by molar-refractivity contribution is 5.45. The standard InChI is InChI=1S/C14H27N5/c1-2-3-4-5-6-7-8-9-10-16-13-11-14(19-15)18-12-17-13/h11-12H,2-10,15H2,1H3,(H2,16,17,18,19). The van der Waals surface area contributed by atoms with E-state index in [1.807, 2.05) is 6.07 Å². The van der Waals surface area contributed by atoms with Gasteiger partial charge in [0.25, 0.3) is 0 Å². The number of aromatic nitrogens is 2. The highest BCUT2D eigenvalue weighted by atomic mass is 15.3. The van der Waals surface area contributed by atoms with Crippen molar-refractivity contribution in [2.24, 2.45) is 5.84 Å². The third kappa shape index (κ3) is 7.62. The lowest BCUT2D eigenvalue weighted by atomic mass is 10.1. The third-order valence-electron chi connectivity index (χ3n) is 3.15. The first-order chi connectivity index (χ1) is 9.36. The van der Waals surface area contributed by atoms with E-state index in [4.69, 9.17) is 5.84 Å². The largest absolute Gasteiger partial charge is 0.370 e. The van der Waals surface area contributed by atoms with E-state index in [0.29, 0.717) is 5.82 Å². The Bertz CT molecular complexity index is 329. The van der Waals surface area contributed by atoms with E-state index >= 15 is 0 Å². The summed E-state index contributed by atoms with van der Waals surface area (Å²) < 4.78 is 0. The molecule has 0 amide bonds. The number of hydrogen-bond acceptors (Lipinski definition) is 5. The molecule has 1 aromatic heterocycles. The minimum atomic E-state index is 0.633. The molecule has 108 valence electrons. The lowest BCUT2D eigenvalue weighted by Gasteiger charge is -2.06. The van der Waals surface area contributed by atoms with E-state index in [2.05, 4.69) is 27.6 Å². The van der Waals surface area contributed by atoms with Crippen LogP contribution in [0.15, 0.2) is 12.4 Å². The molecule has 0 aliphatic heterocycles. The van der Waals surface area contributed by atoms with Crippen LogP contribution >= 0.6 is 0 Å². The zero-order valence-electron chi connectivity index (χ0n) is 12.0. The van der Waals surface area contributed by atoms with Crippen molar-refractivity contribution in [1.29, 1.82) is 0 Å². The molecular weight excluding hydrogens is 238 g/mol. The molecule has 0 atom stereocenters. The summed E-state index contributed by atoms with van der Waals surface area (Å²) in [6.45, 7) is 3.21. The van der Waals surface area contributed by atoms with Crippen LogP contribution in [0.25, 0.3) is 0 Å². The van der Waals surface area contributed by atoms with Gasteiger partial charge >= 0.3 is 0 Å². The van der Waals surface area contributed by atoms with Crippen LogP contribution in [0.3, 0.4) is 0 Å². The summed E-state index contributed by atoms with van der Waals surface area (Å²) in [5.41, 5.74) is 2.51. The Hall–Kier alpha value is -1.36. The lowest BCUT2D eigenvalue weighted by molar-refractivity contribution is 0.581. The van der Waals surface area contributed by atoms with E-state index in [0.717, 1.165) is 12.4 Å². The third-order valence-corrected chi connectivity index (χ3v) is 3.15. The number of rotatable bonds is 11. The molecule has 0 bridgehead atoms. The Morgan fingerprint density at radius 3 is 2.26 bits per heavy atom. The molecule has 0 radical (unpaired) electrons. The number of nitrogens with two attached hydrogens (primary N) is 1. The van der Waals surface area contributed by atoms with Crippen molar-refractivity contribution in [2.75, 3.05) is 17.3 Å². The number of nitrogen functional groups attached to an aromatic ring is 1. The predicted octanol–water partition coefficient (Wildman–Crippen LogP) is 3.31. The number of hydrazine groups is 1. The molecule has 0 aromatic carbocycles. The average molecular weight is 265 g/mol. The zero-order chi connectivity index (χ0) is 13.8. The molecule has 5 nitrogen and oxygen atoms in total. The van der Waals surface area contributed by atoms with Crippen LogP contribution in [0.2, 0.25) is 0 Å². The number of nitrogens with zero attached hydrogens (tertiary/aromatic N) is 2. The second-order valence-electron chi connectivity index (χ2n) is 4.83. The van der Waals surface area contributed by atoms with E-state index in [9.17, 15) is 0 Å². The second kappa shape index (κ2) is 10.6. The molecule has 0 aliphatic carbocycles. The minimum Gasteiger partial charge on any atom is -0.370 e. The number of hydrogen-bond donors (Lipinski definition) is 3. The van der Waals surface area contributed by atoms with Crippen molar-refractivity contribution in [3.8, 4) is 0 Å². The maximum Gasteiger partial charge on any atom is 0.145 e. The SMILES string of the molecule is CCCCCCCCCCNc1cc(NN)ncn1. The summed E-state index contributed by atoms with van der Waals surface area (Å²) >= 11 is 0. The first-order valence-corrected chi connectivity index (χ1v) is 7.39. The van der Waals surface area contributed by atoms with Crippen molar-refractivity contribution in [1.82, 2.24) is 9.97 Å². The summed E-state index contributed by atoms with van der Waals surface area (Å²) in [4.78, 5) is 8.10. The minimum absolute atomic E-state index is 0.633. The van der Waals surface area contributed by atoms with Gasteiger partial charge in [-0.1, -0.05) is 51.9 Å². The average Bonchev–Trinajstić information content (AvgIpc) is 2.46. The Labute approximate surface area is 116 Å². The number of nitrogens with one attached hydrogen (secondary N) is 2. The van der Waals surface area contributed by atoms with Gasteiger partial charge in [0.1, 0.15) is 18.0 Å². The van der Waals surface area contributed by atoms with Gasteiger partial charge in [0.2, 0.25) is 0 Å². The fourth-order valence-electron chi connectivity index (χ4n) is 2.01. The zero-order valence-corrected chi connectivity index (χ0v) is 12.0. The van der Waals surface area contributed by atoms with Crippen LogP contribution in [0.5, 0.6) is 0 Å². The van der Waals surface area contributed by atoms with Crippen LogP contribution in [-0.2, 0) is 0 Å². The Balaban J connectivity index is 1.98. The predicted molar refractivity (Wildman–Crippen MR) is 80.9 cm³/mol. The Morgan fingerprint density at radius 2 is 1.58 bits per heavy atom. The molecular formula is C14H27N5. The number of anilines is 2. The quantitative estimate of drug-likeness (QED) is 0.325. The molecule has 0 saturated heterocycles. The molecule has 0 saturated carbocycles. The second-order valence-corrected chi connectivity index (χ2v) is 4.83. The van der Waals surface area contributed by atoms with Crippen LogP contribution in [-0.4, -0.2) is 16.5 Å². The highest BCUT2D eigenvalue weighted by Crippen LogP contribution is 2.10. The normalized spacial score (nSPS) is 10.4. The summed E-state index contributed by atoms with van der Waals surface area (Å²) in [6, 6.07) is 1.81.